The van der Waals surface area contributed by atoms with Crippen LogP contribution in [0, 0.1) is 5.41 Å². The lowest BCUT2D eigenvalue weighted by Crippen LogP contribution is -2.41. The maximum atomic E-state index is 13.3. The van der Waals surface area contributed by atoms with Crippen LogP contribution >= 0.6 is 11.9 Å². The third-order valence-electron chi connectivity index (χ3n) is 7.41. The van der Waals surface area contributed by atoms with Gasteiger partial charge in [-0.2, -0.15) is 0 Å². The molecule has 1 fully saturated rings. The van der Waals surface area contributed by atoms with Crippen LogP contribution in [0.5, 0.6) is 0 Å². The number of hydrogen-bond acceptors (Lipinski definition) is 5. The molecule has 0 aromatic heterocycles. The summed E-state index contributed by atoms with van der Waals surface area (Å²) in [6.07, 6.45) is 4.51. The van der Waals surface area contributed by atoms with E-state index in [2.05, 4.69) is 23.5 Å². The van der Waals surface area contributed by atoms with E-state index in [0.717, 1.165) is 45.7 Å². The van der Waals surface area contributed by atoms with Gasteiger partial charge in [0.1, 0.15) is 0 Å². The van der Waals surface area contributed by atoms with E-state index < -0.39 is 0 Å². The van der Waals surface area contributed by atoms with Crippen molar-refractivity contribution in [3.8, 4) is 11.1 Å². The van der Waals surface area contributed by atoms with E-state index in [1.54, 1.807) is 6.92 Å². The highest BCUT2D eigenvalue weighted by atomic mass is 32.2. The zero-order chi connectivity index (χ0) is 24.6. The molecule has 1 heterocycles. The zero-order valence-corrected chi connectivity index (χ0v) is 20.8. The van der Waals surface area contributed by atoms with Gasteiger partial charge in [0, 0.05) is 46.0 Å². The van der Waals surface area contributed by atoms with Crippen molar-refractivity contribution in [3.05, 3.63) is 77.4 Å². The van der Waals surface area contributed by atoms with Gasteiger partial charge in [0.15, 0.2) is 0 Å². The van der Waals surface area contributed by atoms with Crippen LogP contribution in [0.4, 0.5) is 16.2 Å². The highest BCUT2D eigenvalue weighted by molar-refractivity contribution is 7.97. The standard InChI is InChI=1S/C28H31N5OS/c1-18(29)26-22(5-4-6-24(26)30)20-9-12-25-23(15-20)28(13-2-3-14-28)17-33(25)27(34)32-16-19-7-10-21(35-31)11-8-19/h4-12,15,29H,2-3,13-14,16-17,30-31H2,1H3,(H,32,34). The number of anilines is 2. The van der Waals surface area contributed by atoms with E-state index in [1.165, 1.54) is 30.4 Å². The molecule has 0 bridgehead atoms. The molecular formula is C28H31N5OS. The van der Waals surface area contributed by atoms with Gasteiger partial charge in [-0.1, -0.05) is 43.2 Å². The second-order valence-electron chi connectivity index (χ2n) is 9.62. The number of nitrogens with two attached hydrogens (primary N) is 2. The molecule has 2 aliphatic rings. The number of nitrogens with zero attached hydrogens (tertiary/aromatic N) is 1. The number of hydrogen-bond donors (Lipinski definition) is 4. The molecule has 2 amide bonds. The van der Waals surface area contributed by atoms with Crippen molar-refractivity contribution < 1.29 is 4.79 Å². The summed E-state index contributed by atoms with van der Waals surface area (Å²) >= 11 is 1.21. The number of rotatable bonds is 5. The summed E-state index contributed by atoms with van der Waals surface area (Å²) in [4.78, 5) is 16.2. The average Bonchev–Trinajstić information content (AvgIpc) is 3.47. The molecule has 1 spiro atoms. The van der Waals surface area contributed by atoms with Crippen LogP contribution in [0.1, 0.15) is 49.3 Å². The number of urea groups is 1. The Morgan fingerprint density at radius 2 is 1.86 bits per heavy atom. The fourth-order valence-corrected chi connectivity index (χ4v) is 5.98. The number of fused-ring (bicyclic) bond motifs is 2. The van der Waals surface area contributed by atoms with E-state index >= 15 is 0 Å². The maximum absolute atomic E-state index is 13.3. The maximum Gasteiger partial charge on any atom is 0.322 e. The third kappa shape index (κ3) is 4.30. The molecule has 35 heavy (non-hydrogen) atoms. The Balaban J connectivity index is 1.46. The largest absolute Gasteiger partial charge is 0.398 e. The van der Waals surface area contributed by atoms with Crippen molar-refractivity contribution in [2.45, 2.75) is 49.5 Å². The van der Waals surface area contributed by atoms with E-state index in [0.29, 0.717) is 24.5 Å². The summed E-state index contributed by atoms with van der Waals surface area (Å²) in [6.45, 7) is 2.94. The Kier molecular flexibility index (Phi) is 6.30. The van der Waals surface area contributed by atoms with Crippen LogP contribution in [-0.4, -0.2) is 18.3 Å². The van der Waals surface area contributed by atoms with Gasteiger partial charge in [0.25, 0.3) is 0 Å². The molecule has 3 aromatic rings. The first-order chi connectivity index (χ1) is 16.9. The van der Waals surface area contributed by atoms with Gasteiger partial charge in [-0.15, -0.1) is 0 Å². The first kappa shape index (κ1) is 23.5. The van der Waals surface area contributed by atoms with E-state index in [-0.39, 0.29) is 11.4 Å². The van der Waals surface area contributed by atoms with Crippen LogP contribution in [0.25, 0.3) is 11.1 Å². The van der Waals surface area contributed by atoms with E-state index in [4.69, 9.17) is 16.3 Å². The lowest BCUT2D eigenvalue weighted by molar-refractivity contribution is 0.245. The van der Waals surface area contributed by atoms with Crippen LogP contribution in [-0.2, 0) is 12.0 Å². The van der Waals surface area contributed by atoms with Crippen molar-refractivity contribution in [3.63, 3.8) is 0 Å². The molecule has 5 rings (SSSR count). The number of nitrogen functional groups attached to an aromatic ring is 1. The highest BCUT2D eigenvalue weighted by Crippen LogP contribution is 2.51. The van der Waals surface area contributed by atoms with Gasteiger partial charge >= 0.3 is 6.03 Å². The second kappa shape index (κ2) is 9.40. The third-order valence-corrected chi connectivity index (χ3v) is 7.96. The highest BCUT2D eigenvalue weighted by Gasteiger charge is 2.46. The Bertz CT molecular complexity index is 1280. The minimum absolute atomic E-state index is 0.0110. The quantitative estimate of drug-likeness (QED) is 0.207. The zero-order valence-electron chi connectivity index (χ0n) is 19.9. The summed E-state index contributed by atoms with van der Waals surface area (Å²) in [5.41, 5.74) is 13.4. The van der Waals surface area contributed by atoms with Crippen molar-refractivity contribution in [1.82, 2.24) is 5.32 Å². The predicted molar refractivity (Wildman–Crippen MR) is 145 cm³/mol. The van der Waals surface area contributed by atoms with Crippen molar-refractivity contribution in [2.75, 3.05) is 17.2 Å². The summed E-state index contributed by atoms with van der Waals surface area (Å²) < 4.78 is 0. The number of benzene rings is 3. The number of nitrogens with one attached hydrogen (secondary N) is 2. The first-order valence-electron chi connectivity index (χ1n) is 12.0. The monoisotopic (exact) mass is 485 g/mol. The molecule has 0 saturated heterocycles. The van der Waals surface area contributed by atoms with Gasteiger partial charge in [-0.3, -0.25) is 10.0 Å². The Morgan fingerprint density at radius 1 is 1.11 bits per heavy atom. The SMILES string of the molecule is CC(=N)c1c(N)cccc1-c1ccc2c(c1)C1(CCCC1)CN2C(=O)NCc1ccc(SN)cc1. The number of carbonyl (C=O) groups is 1. The smallest absolute Gasteiger partial charge is 0.322 e. The van der Waals surface area contributed by atoms with Gasteiger partial charge in [0.05, 0.1) is 0 Å². The van der Waals surface area contributed by atoms with Gasteiger partial charge in [-0.05, 0) is 84.3 Å². The molecule has 180 valence electrons. The molecule has 1 aliphatic carbocycles. The Morgan fingerprint density at radius 3 is 2.54 bits per heavy atom. The molecule has 1 saturated carbocycles. The minimum atomic E-state index is -0.0694. The average molecular weight is 486 g/mol. The van der Waals surface area contributed by atoms with E-state index in [9.17, 15) is 4.79 Å². The predicted octanol–water partition coefficient (Wildman–Crippen LogP) is 5.83. The Labute approximate surface area is 210 Å². The van der Waals surface area contributed by atoms with Crippen LogP contribution in [0.15, 0.2) is 65.6 Å². The van der Waals surface area contributed by atoms with E-state index in [1.807, 2.05) is 47.4 Å². The number of carbonyl (C=O) groups excluding carboxylic acids is 1. The fraction of sp³-hybridized carbons (Fsp3) is 0.286. The first-order valence-corrected chi connectivity index (χ1v) is 12.9. The molecule has 6 nitrogen and oxygen atoms in total. The second-order valence-corrected chi connectivity index (χ2v) is 10.3. The molecule has 1 aliphatic heterocycles. The van der Waals surface area contributed by atoms with Gasteiger partial charge < -0.3 is 16.5 Å². The summed E-state index contributed by atoms with van der Waals surface area (Å²) in [6, 6.07) is 20.0. The van der Waals surface area contributed by atoms with Gasteiger partial charge in [0.2, 0.25) is 0 Å². The van der Waals surface area contributed by atoms with Crippen molar-refractivity contribution >= 4 is 35.1 Å². The molecular weight excluding hydrogens is 454 g/mol. The molecule has 0 atom stereocenters. The lowest BCUT2D eigenvalue weighted by Gasteiger charge is -2.25. The van der Waals surface area contributed by atoms with Crippen LogP contribution in [0.3, 0.4) is 0 Å². The molecule has 6 N–H and O–H groups in total. The van der Waals surface area contributed by atoms with Crippen LogP contribution in [0.2, 0.25) is 0 Å². The fourth-order valence-electron chi connectivity index (χ4n) is 5.69. The normalized spacial score (nSPS) is 15.9. The van der Waals surface area contributed by atoms with Crippen LogP contribution < -0.4 is 21.1 Å². The topological polar surface area (TPSA) is 108 Å². The molecule has 7 heteroatoms. The molecule has 0 radical (unpaired) electrons. The molecule has 3 aromatic carbocycles. The van der Waals surface area contributed by atoms with Crippen molar-refractivity contribution in [1.29, 1.82) is 5.41 Å². The van der Waals surface area contributed by atoms with Crippen molar-refractivity contribution in [2.24, 2.45) is 5.14 Å². The molecule has 0 unspecified atom stereocenters. The summed E-state index contributed by atoms with van der Waals surface area (Å²) in [7, 11) is 0. The van der Waals surface area contributed by atoms with Gasteiger partial charge in [-0.25, -0.2) is 4.79 Å². The Hall–Kier alpha value is -3.29. The summed E-state index contributed by atoms with van der Waals surface area (Å²) in [5, 5.41) is 17.0. The minimum Gasteiger partial charge on any atom is -0.398 e. The lowest BCUT2D eigenvalue weighted by atomic mass is 9.79. The summed E-state index contributed by atoms with van der Waals surface area (Å²) in [5.74, 6) is 0. The number of amides is 2.